The van der Waals surface area contributed by atoms with E-state index in [2.05, 4.69) is 29.3 Å². The predicted octanol–water partition coefficient (Wildman–Crippen LogP) is 3.14. The minimum atomic E-state index is 0.405. The van der Waals surface area contributed by atoms with Crippen LogP contribution in [0.5, 0.6) is 5.75 Å². The second kappa shape index (κ2) is 8.55. The lowest BCUT2D eigenvalue weighted by Crippen LogP contribution is -2.37. The van der Waals surface area contributed by atoms with Crippen molar-refractivity contribution in [1.82, 2.24) is 5.43 Å². The normalized spacial score (nSPS) is 17.3. The highest BCUT2D eigenvalue weighted by Gasteiger charge is 2.17. The Balaban J connectivity index is 1.71. The van der Waals surface area contributed by atoms with E-state index in [4.69, 9.17) is 10.6 Å². The second-order valence-corrected chi connectivity index (χ2v) is 6.82. The van der Waals surface area contributed by atoms with Crippen molar-refractivity contribution < 1.29 is 4.74 Å². The molecule has 1 aliphatic carbocycles. The number of nitrogens with two attached hydrogens (primary N) is 1. The Hall–Kier alpha value is -0.710. The summed E-state index contributed by atoms with van der Waals surface area (Å²) in [6.07, 6.45) is 7.74. The zero-order valence-electron chi connectivity index (χ0n) is 12.3. The van der Waals surface area contributed by atoms with Gasteiger partial charge in [-0.3, -0.25) is 11.3 Å². The average Bonchev–Trinajstić information content (AvgIpc) is 3.01. The standard InChI is InChI=1S/C16H26N2OS/c1-19-15-10-7-13(8-11-15)6-9-14(18-17)12-20-16-4-2-3-5-16/h7-8,10-11,14,16,18H,2-6,9,12,17H2,1H3. The van der Waals surface area contributed by atoms with Crippen LogP contribution in [0.15, 0.2) is 24.3 Å². The van der Waals surface area contributed by atoms with Crippen LogP contribution in [0, 0.1) is 0 Å². The molecule has 0 aromatic heterocycles. The van der Waals surface area contributed by atoms with E-state index in [1.165, 1.54) is 31.2 Å². The zero-order chi connectivity index (χ0) is 14.2. The summed E-state index contributed by atoms with van der Waals surface area (Å²) in [5.74, 6) is 7.72. The van der Waals surface area contributed by atoms with Gasteiger partial charge in [0.1, 0.15) is 5.75 Å². The Kier molecular flexibility index (Phi) is 6.70. The molecule has 1 aromatic carbocycles. The third kappa shape index (κ3) is 5.00. The maximum atomic E-state index is 5.68. The topological polar surface area (TPSA) is 47.3 Å². The number of rotatable bonds is 8. The molecule has 0 aliphatic heterocycles. The molecule has 1 aliphatic rings. The van der Waals surface area contributed by atoms with Gasteiger partial charge >= 0.3 is 0 Å². The van der Waals surface area contributed by atoms with Crippen molar-refractivity contribution in [3.63, 3.8) is 0 Å². The van der Waals surface area contributed by atoms with E-state index in [1.807, 2.05) is 12.1 Å². The molecule has 1 fully saturated rings. The van der Waals surface area contributed by atoms with Gasteiger partial charge in [-0.25, -0.2) is 0 Å². The summed E-state index contributed by atoms with van der Waals surface area (Å²) in [5, 5.41) is 0.867. The molecule has 0 heterocycles. The first-order chi connectivity index (χ1) is 9.81. The molecule has 3 nitrogen and oxygen atoms in total. The lowest BCUT2D eigenvalue weighted by Gasteiger charge is -2.18. The van der Waals surface area contributed by atoms with Gasteiger partial charge in [-0.2, -0.15) is 11.8 Å². The zero-order valence-corrected chi connectivity index (χ0v) is 13.1. The molecule has 1 aromatic rings. The predicted molar refractivity (Wildman–Crippen MR) is 87.1 cm³/mol. The van der Waals surface area contributed by atoms with Gasteiger partial charge in [-0.1, -0.05) is 25.0 Å². The minimum Gasteiger partial charge on any atom is -0.497 e. The fourth-order valence-corrected chi connectivity index (χ4v) is 4.09. The molecule has 2 rings (SSSR count). The molecular weight excluding hydrogens is 268 g/mol. The summed E-state index contributed by atoms with van der Waals surface area (Å²) < 4.78 is 5.18. The van der Waals surface area contributed by atoms with Gasteiger partial charge in [-0.15, -0.1) is 0 Å². The summed E-state index contributed by atoms with van der Waals surface area (Å²) in [6.45, 7) is 0. The largest absolute Gasteiger partial charge is 0.497 e. The van der Waals surface area contributed by atoms with E-state index in [0.29, 0.717) is 6.04 Å². The number of hydrogen-bond donors (Lipinski definition) is 2. The van der Waals surface area contributed by atoms with Crippen LogP contribution in [0.3, 0.4) is 0 Å². The quantitative estimate of drug-likeness (QED) is 0.571. The third-order valence-corrected chi connectivity index (χ3v) is 5.55. The molecule has 3 N–H and O–H groups in total. The first kappa shape index (κ1) is 15.7. The van der Waals surface area contributed by atoms with Crippen molar-refractivity contribution in [2.75, 3.05) is 12.9 Å². The van der Waals surface area contributed by atoms with Crippen molar-refractivity contribution in [2.45, 2.75) is 49.8 Å². The smallest absolute Gasteiger partial charge is 0.118 e. The monoisotopic (exact) mass is 294 g/mol. The molecule has 0 amide bonds. The van der Waals surface area contributed by atoms with Crippen LogP contribution in [0.2, 0.25) is 0 Å². The van der Waals surface area contributed by atoms with Crippen LogP contribution in [-0.2, 0) is 6.42 Å². The number of hydrazine groups is 1. The minimum absolute atomic E-state index is 0.405. The summed E-state index contributed by atoms with van der Waals surface area (Å²) in [7, 11) is 1.70. The van der Waals surface area contributed by atoms with Gasteiger partial charge < -0.3 is 4.74 Å². The van der Waals surface area contributed by atoms with Gasteiger partial charge in [0.05, 0.1) is 7.11 Å². The maximum Gasteiger partial charge on any atom is 0.118 e. The number of methoxy groups -OCH3 is 1. The molecule has 4 heteroatoms. The fourth-order valence-electron chi connectivity index (χ4n) is 2.66. The lowest BCUT2D eigenvalue weighted by molar-refractivity contribution is 0.414. The van der Waals surface area contributed by atoms with Gasteiger partial charge in [-0.05, 0) is 43.4 Å². The van der Waals surface area contributed by atoms with Crippen LogP contribution >= 0.6 is 11.8 Å². The van der Waals surface area contributed by atoms with Crippen LogP contribution in [0.1, 0.15) is 37.7 Å². The summed E-state index contributed by atoms with van der Waals surface area (Å²) in [5.41, 5.74) is 4.32. The van der Waals surface area contributed by atoms with E-state index < -0.39 is 0 Å². The maximum absolute atomic E-state index is 5.68. The molecule has 1 unspecified atom stereocenters. The highest BCUT2D eigenvalue weighted by atomic mass is 32.2. The average molecular weight is 294 g/mol. The number of nitrogens with one attached hydrogen (secondary N) is 1. The van der Waals surface area contributed by atoms with E-state index in [9.17, 15) is 0 Å². The van der Waals surface area contributed by atoms with E-state index in [1.54, 1.807) is 7.11 Å². The second-order valence-electron chi connectivity index (χ2n) is 5.49. The molecular formula is C16H26N2OS. The van der Waals surface area contributed by atoms with Crippen molar-refractivity contribution in [3.05, 3.63) is 29.8 Å². The van der Waals surface area contributed by atoms with Crippen LogP contribution in [-0.4, -0.2) is 24.2 Å². The molecule has 0 bridgehead atoms. The molecule has 1 saturated carbocycles. The van der Waals surface area contributed by atoms with Crippen molar-refractivity contribution in [1.29, 1.82) is 0 Å². The first-order valence-electron chi connectivity index (χ1n) is 7.52. The fraction of sp³-hybridized carbons (Fsp3) is 0.625. The van der Waals surface area contributed by atoms with Gasteiger partial charge in [0.25, 0.3) is 0 Å². The number of hydrogen-bond acceptors (Lipinski definition) is 4. The Morgan fingerprint density at radius 2 is 2.00 bits per heavy atom. The third-order valence-electron chi connectivity index (χ3n) is 4.01. The Morgan fingerprint density at radius 1 is 1.30 bits per heavy atom. The summed E-state index contributed by atoms with van der Waals surface area (Å²) >= 11 is 2.10. The number of benzene rings is 1. The van der Waals surface area contributed by atoms with Crippen LogP contribution < -0.4 is 16.0 Å². The lowest BCUT2D eigenvalue weighted by atomic mass is 10.1. The molecule has 112 valence electrons. The molecule has 0 spiro atoms. The van der Waals surface area contributed by atoms with Crippen LogP contribution in [0.4, 0.5) is 0 Å². The number of ether oxygens (including phenoxy) is 1. The van der Waals surface area contributed by atoms with Crippen molar-refractivity contribution >= 4 is 11.8 Å². The van der Waals surface area contributed by atoms with Crippen molar-refractivity contribution in [2.24, 2.45) is 5.84 Å². The molecule has 0 radical (unpaired) electrons. The van der Waals surface area contributed by atoms with Gasteiger partial charge in [0, 0.05) is 17.0 Å². The highest BCUT2D eigenvalue weighted by Crippen LogP contribution is 2.30. The van der Waals surface area contributed by atoms with Crippen LogP contribution in [0.25, 0.3) is 0 Å². The molecule has 0 saturated heterocycles. The Labute approximate surface area is 126 Å². The first-order valence-corrected chi connectivity index (χ1v) is 8.57. The van der Waals surface area contributed by atoms with E-state index >= 15 is 0 Å². The Bertz CT molecular complexity index is 377. The Morgan fingerprint density at radius 3 is 2.60 bits per heavy atom. The van der Waals surface area contributed by atoms with Crippen molar-refractivity contribution in [3.8, 4) is 5.75 Å². The number of thioether (sulfide) groups is 1. The van der Waals surface area contributed by atoms with Gasteiger partial charge in [0.15, 0.2) is 0 Å². The molecule has 1 atom stereocenters. The molecule has 20 heavy (non-hydrogen) atoms. The van der Waals surface area contributed by atoms with E-state index in [-0.39, 0.29) is 0 Å². The van der Waals surface area contributed by atoms with E-state index in [0.717, 1.165) is 29.6 Å². The SMILES string of the molecule is COc1ccc(CCC(CSC2CCCC2)NN)cc1. The number of aryl methyl sites for hydroxylation is 1. The van der Waals surface area contributed by atoms with Gasteiger partial charge in [0.2, 0.25) is 0 Å². The summed E-state index contributed by atoms with van der Waals surface area (Å²) in [6, 6.07) is 8.72. The summed E-state index contributed by atoms with van der Waals surface area (Å²) in [4.78, 5) is 0. The highest BCUT2D eigenvalue weighted by molar-refractivity contribution is 7.99.